The van der Waals surface area contributed by atoms with Gasteiger partial charge in [-0.25, -0.2) is 0 Å². The van der Waals surface area contributed by atoms with Crippen LogP contribution in [0.3, 0.4) is 0 Å². The zero-order valence-electron chi connectivity index (χ0n) is 7.35. The minimum atomic E-state index is -0.0774. The van der Waals surface area contributed by atoms with Crippen LogP contribution in [0.2, 0.25) is 0 Å². The molecule has 0 bridgehead atoms. The molecule has 0 aromatic heterocycles. The fraction of sp³-hybridized carbons (Fsp3) is 0.889. The van der Waals surface area contributed by atoms with E-state index in [2.05, 4.69) is 29.2 Å². The molecule has 1 aliphatic rings. The van der Waals surface area contributed by atoms with Gasteiger partial charge in [0.25, 0.3) is 0 Å². The second kappa shape index (κ2) is 2.76. The molecule has 0 aromatic carbocycles. The van der Waals surface area contributed by atoms with Crippen LogP contribution in [0.5, 0.6) is 0 Å². The van der Waals surface area contributed by atoms with Crippen LogP contribution in [0, 0.1) is 16.7 Å². The maximum absolute atomic E-state index is 8.80. The third-order valence-corrected chi connectivity index (χ3v) is 3.64. The van der Waals surface area contributed by atoms with Gasteiger partial charge in [-0.2, -0.15) is 5.26 Å². The summed E-state index contributed by atoms with van der Waals surface area (Å²) < 4.78 is 0. The molecule has 1 nitrogen and oxygen atoms in total. The molecule has 0 amide bonds. The molecule has 1 aliphatic carbocycles. The summed E-state index contributed by atoms with van der Waals surface area (Å²) >= 11 is 0. The van der Waals surface area contributed by atoms with Crippen LogP contribution >= 0.6 is 9.24 Å². The fourth-order valence-corrected chi connectivity index (χ4v) is 2.98. The molecule has 2 heteroatoms. The van der Waals surface area contributed by atoms with Crippen LogP contribution < -0.4 is 0 Å². The summed E-state index contributed by atoms with van der Waals surface area (Å²) in [5.74, 6) is 0. The zero-order valence-corrected chi connectivity index (χ0v) is 8.51. The minimum absolute atomic E-state index is 0.0774. The zero-order chi connectivity index (χ0) is 8.54. The van der Waals surface area contributed by atoms with Gasteiger partial charge in [0.1, 0.15) is 0 Å². The third-order valence-electron chi connectivity index (χ3n) is 3.10. The Morgan fingerprint density at radius 3 is 2.09 bits per heavy atom. The van der Waals surface area contributed by atoms with E-state index < -0.39 is 0 Å². The number of nitrogens with zero attached hydrogens (tertiary/aromatic N) is 1. The molecule has 1 rings (SSSR count). The first-order chi connectivity index (χ1) is 5.10. The second-order valence-electron chi connectivity index (χ2n) is 3.83. The molecule has 0 radical (unpaired) electrons. The molecule has 1 unspecified atom stereocenters. The van der Waals surface area contributed by atoms with Gasteiger partial charge in [0.05, 0.1) is 11.2 Å². The molecule has 1 saturated carbocycles. The SMILES string of the molecule is CCC1(CC)CC(P)(C#N)C1. The quantitative estimate of drug-likeness (QED) is 0.583. The van der Waals surface area contributed by atoms with E-state index in [4.69, 9.17) is 5.26 Å². The highest BCUT2D eigenvalue weighted by Gasteiger charge is 2.49. The van der Waals surface area contributed by atoms with Crippen molar-refractivity contribution in [3.8, 4) is 6.07 Å². The first-order valence-electron chi connectivity index (χ1n) is 4.30. The molecule has 0 aromatic rings. The van der Waals surface area contributed by atoms with E-state index in [9.17, 15) is 0 Å². The Morgan fingerprint density at radius 1 is 1.36 bits per heavy atom. The lowest BCUT2D eigenvalue weighted by Crippen LogP contribution is -2.46. The second-order valence-corrected chi connectivity index (χ2v) is 4.93. The van der Waals surface area contributed by atoms with Gasteiger partial charge < -0.3 is 0 Å². The van der Waals surface area contributed by atoms with Crippen molar-refractivity contribution in [3.63, 3.8) is 0 Å². The average Bonchev–Trinajstić information content (AvgIpc) is 1.98. The van der Waals surface area contributed by atoms with E-state index in [1.165, 1.54) is 12.8 Å². The van der Waals surface area contributed by atoms with E-state index in [-0.39, 0.29) is 5.16 Å². The standard InChI is InChI=1S/C9H16NP/c1-3-8(4-2)5-9(11,6-8)7-10/h3-6,11H2,1-2H3. The van der Waals surface area contributed by atoms with Gasteiger partial charge >= 0.3 is 0 Å². The van der Waals surface area contributed by atoms with Crippen LogP contribution in [-0.2, 0) is 0 Å². The number of rotatable bonds is 2. The number of nitriles is 1. The number of hydrogen-bond acceptors (Lipinski definition) is 1. The molecule has 0 N–H and O–H groups in total. The Hall–Kier alpha value is -0.0800. The van der Waals surface area contributed by atoms with Gasteiger partial charge in [-0.05, 0) is 18.3 Å². The predicted octanol–water partition coefficient (Wildman–Crippen LogP) is 2.72. The van der Waals surface area contributed by atoms with E-state index >= 15 is 0 Å². The van der Waals surface area contributed by atoms with Gasteiger partial charge in [-0.3, -0.25) is 0 Å². The summed E-state index contributed by atoms with van der Waals surface area (Å²) in [6.07, 6.45) is 4.60. The summed E-state index contributed by atoms with van der Waals surface area (Å²) in [4.78, 5) is 0. The predicted molar refractivity (Wildman–Crippen MR) is 50.3 cm³/mol. The van der Waals surface area contributed by atoms with Crippen molar-refractivity contribution in [1.82, 2.24) is 0 Å². The van der Waals surface area contributed by atoms with Crippen molar-refractivity contribution in [2.45, 2.75) is 44.7 Å². The Labute approximate surface area is 71.4 Å². The largest absolute Gasteiger partial charge is 0.197 e. The Balaban J connectivity index is 2.56. The van der Waals surface area contributed by atoms with E-state index in [1.807, 2.05) is 0 Å². The number of hydrogen-bond donors (Lipinski definition) is 0. The van der Waals surface area contributed by atoms with Crippen molar-refractivity contribution in [2.75, 3.05) is 0 Å². The monoisotopic (exact) mass is 169 g/mol. The van der Waals surface area contributed by atoms with Crippen molar-refractivity contribution >= 4 is 9.24 Å². The van der Waals surface area contributed by atoms with Crippen LogP contribution in [0.15, 0.2) is 0 Å². The molecular formula is C9H16NP. The van der Waals surface area contributed by atoms with Crippen LogP contribution in [0.1, 0.15) is 39.5 Å². The maximum atomic E-state index is 8.80. The molecule has 0 spiro atoms. The molecule has 62 valence electrons. The van der Waals surface area contributed by atoms with Crippen LogP contribution in [-0.4, -0.2) is 5.16 Å². The van der Waals surface area contributed by atoms with Gasteiger partial charge in [-0.15, -0.1) is 9.24 Å². The lowest BCUT2D eigenvalue weighted by molar-refractivity contribution is 0.0979. The van der Waals surface area contributed by atoms with Gasteiger partial charge in [0, 0.05) is 0 Å². The summed E-state index contributed by atoms with van der Waals surface area (Å²) in [5.41, 5.74) is 0.498. The van der Waals surface area contributed by atoms with Gasteiger partial charge in [-0.1, -0.05) is 26.7 Å². The van der Waals surface area contributed by atoms with Crippen molar-refractivity contribution in [1.29, 1.82) is 5.26 Å². The minimum Gasteiger partial charge on any atom is -0.197 e. The van der Waals surface area contributed by atoms with E-state index in [1.54, 1.807) is 0 Å². The molecule has 0 aliphatic heterocycles. The summed E-state index contributed by atoms with van der Waals surface area (Å²) in [6.45, 7) is 4.45. The highest BCUT2D eigenvalue weighted by atomic mass is 31.0. The lowest BCUT2D eigenvalue weighted by atomic mass is 9.59. The van der Waals surface area contributed by atoms with Crippen molar-refractivity contribution < 1.29 is 0 Å². The molecule has 0 saturated heterocycles. The highest BCUT2D eigenvalue weighted by molar-refractivity contribution is 7.19. The van der Waals surface area contributed by atoms with Gasteiger partial charge in [0.2, 0.25) is 0 Å². The highest BCUT2D eigenvalue weighted by Crippen LogP contribution is 2.56. The average molecular weight is 169 g/mol. The Morgan fingerprint density at radius 2 is 1.82 bits per heavy atom. The van der Waals surface area contributed by atoms with E-state index in [0.29, 0.717) is 5.41 Å². The Kier molecular flexibility index (Phi) is 2.26. The third kappa shape index (κ3) is 1.42. The first-order valence-corrected chi connectivity index (χ1v) is 4.88. The Bertz CT molecular complexity index is 180. The van der Waals surface area contributed by atoms with Crippen LogP contribution in [0.4, 0.5) is 0 Å². The normalized spacial score (nSPS) is 25.3. The topological polar surface area (TPSA) is 23.8 Å². The van der Waals surface area contributed by atoms with Crippen molar-refractivity contribution in [3.05, 3.63) is 0 Å². The smallest absolute Gasteiger partial charge is 0.0731 e. The molecule has 0 heterocycles. The lowest BCUT2D eigenvalue weighted by Gasteiger charge is -2.50. The molecule has 11 heavy (non-hydrogen) atoms. The van der Waals surface area contributed by atoms with Crippen LogP contribution in [0.25, 0.3) is 0 Å². The fourth-order valence-electron chi connectivity index (χ4n) is 2.12. The molecular weight excluding hydrogens is 153 g/mol. The first kappa shape index (κ1) is 9.01. The molecule has 1 atom stereocenters. The summed E-state index contributed by atoms with van der Waals surface area (Å²) in [5, 5.41) is 8.72. The van der Waals surface area contributed by atoms with Gasteiger partial charge in [0.15, 0.2) is 0 Å². The summed E-state index contributed by atoms with van der Waals surface area (Å²) in [6, 6.07) is 2.36. The molecule has 1 fully saturated rings. The van der Waals surface area contributed by atoms with E-state index in [0.717, 1.165) is 12.8 Å². The van der Waals surface area contributed by atoms with Crippen molar-refractivity contribution in [2.24, 2.45) is 5.41 Å². The maximum Gasteiger partial charge on any atom is 0.0731 e. The summed E-state index contributed by atoms with van der Waals surface area (Å²) in [7, 11) is 2.69.